The standard InChI is InChI=1S/C14H17F2N3/c15-14(16,10-19-7-5-17-6-8-19)12-9-18-13-4-2-1-3-11(12)13/h1-4,9,17-18H,5-8,10H2. The highest BCUT2D eigenvalue weighted by Gasteiger charge is 2.36. The van der Waals surface area contributed by atoms with E-state index in [1.165, 1.54) is 6.20 Å². The Balaban J connectivity index is 1.86. The van der Waals surface area contributed by atoms with Gasteiger partial charge in [0.15, 0.2) is 0 Å². The summed E-state index contributed by atoms with van der Waals surface area (Å²) in [6.07, 6.45) is 1.44. The number of hydrogen-bond acceptors (Lipinski definition) is 2. The predicted molar refractivity (Wildman–Crippen MR) is 71.5 cm³/mol. The van der Waals surface area contributed by atoms with Crippen LogP contribution in [0.15, 0.2) is 30.5 Å². The lowest BCUT2D eigenvalue weighted by Crippen LogP contribution is -2.47. The van der Waals surface area contributed by atoms with Gasteiger partial charge in [0.1, 0.15) is 0 Å². The third-order valence-electron chi connectivity index (χ3n) is 3.62. The molecule has 2 aromatic rings. The van der Waals surface area contributed by atoms with Crippen molar-refractivity contribution in [2.45, 2.75) is 5.92 Å². The maximum absolute atomic E-state index is 14.4. The number of nitrogens with one attached hydrogen (secondary N) is 2. The molecule has 0 unspecified atom stereocenters. The summed E-state index contributed by atoms with van der Waals surface area (Å²) >= 11 is 0. The van der Waals surface area contributed by atoms with Crippen molar-refractivity contribution in [2.75, 3.05) is 32.7 Å². The molecule has 5 heteroatoms. The van der Waals surface area contributed by atoms with Crippen LogP contribution in [0.1, 0.15) is 5.56 Å². The molecule has 2 heterocycles. The molecule has 1 aromatic heterocycles. The Hall–Kier alpha value is -1.46. The van der Waals surface area contributed by atoms with E-state index in [1.807, 2.05) is 17.0 Å². The number of fused-ring (bicyclic) bond motifs is 1. The monoisotopic (exact) mass is 265 g/mol. The van der Waals surface area contributed by atoms with Gasteiger partial charge in [-0.05, 0) is 6.07 Å². The molecule has 0 amide bonds. The van der Waals surface area contributed by atoms with E-state index in [0.717, 1.165) is 18.6 Å². The molecule has 2 N–H and O–H groups in total. The summed E-state index contributed by atoms with van der Waals surface area (Å²) in [6.45, 7) is 2.71. The van der Waals surface area contributed by atoms with Gasteiger partial charge in [-0.2, -0.15) is 8.78 Å². The van der Waals surface area contributed by atoms with Gasteiger partial charge in [0.05, 0.1) is 6.54 Å². The molecule has 3 rings (SSSR count). The molecule has 3 nitrogen and oxygen atoms in total. The van der Waals surface area contributed by atoms with Crippen molar-refractivity contribution in [3.8, 4) is 0 Å². The molecule has 1 aliphatic heterocycles. The topological polar surface area (TPSA) is 31.1 Å². The molecule has 0 atom stereocenters. The number of aromatic nitrogens is 1. The fraction of sp³-hybridized carbons (Fsp3) is 0.429. The van der Waals surface area contributed by atoms with Crippen molar-refractivity contribution in [2.24, 2.45) is 0 Å². The maximum Gasteiger partial charge on any atom is 0.287 e. The Kier molecular flexibility index (Phi) is 3.24. The van der Waals surface area contributed by atoms with E-state index in [1.54, 1.807) is 12.1 Å². The number of H-pyrrole nitrogens is 1. The zero-order valence-electron chi connectivity index (χ0n) is 10.6. The third-order valence-corrected chi connectivity index (χ3v) is 3.62. The van der Waals surface area contributed by atoms with Crippen LogP contribution in [0.3, 0.4) is 0 Å². The van der Waals surface area contributed by atoms with E-state index in [-0.39, 0.29) is 12.1 Å². The van der Waals surface area contributed by atoms with Gasteiger partial charge in [-0.3, -0.25) is 4.90 Å². The Morgan fingerprint density at radius 1 is 1.16 bits per heavy atom. The van der Waals surface area contributed by atoms with Crippen LogP contribution in [0.2, 0.25) is 0 Å². The summed E-state index contributed by atoms with van der Waals surface area (Å²) in [5, 5.41) is 3.79. The van der Waals surface area contributed by atoms with Crippen LogP contribution in [0.4, 0.5) is 8.78 Å². The second-order valence-corrected chi connectivity index (χ2v) is 4.98. The lowest BCUT2D eigenvalue weighted by Gasteiger charge is -2.30. The van der Waals surface area contributed by atoms with Crippen LogP contribution in [0.25, 0.3) is 10.9 Å². The van der Waals surface area contributed by atoms with E-state index in [9.17, 15) is 8.78 Å². The smallest absolute Gasteiger partial charge is 0.287 e. The molecule has 102 valence electrons. The van der Waals surface area contributed by atoms with Crippen LogP contribution < -0.4 is 5.32 Å². The second kappa shape index (κ2) is 4.90. The van der Waals surface area contributed by atoms with Crippen LogP contribution >= 0.6 is 0 Å². The minimum Gasteiger partial charge on any atom is -0.361 e. The van der Waals surface area contributed by atoms with Crippen LogP contribution in [0, 0.1) is 0 Å². The van der Waals surface area contributed by atoms with Crippen molar-refractivity contribution in [3.05, 3.63) is 36.0 Å². The minimum atomic E-state index is -2.82. The quantitative estimate of drug-likeness (QED) is 0.891. The van der Waals surface area contributed by atoms with Crippen LogP contribution in [-0.4, -0.2) is 42.6 Å². The van der Waals surface area contributed by atoms with Gasteiger partial charge in [-0.25, -0.2) is 0 Å². The summed E-state index contributed by atoms with van der Waals surface area (Å²) in [5.74, 6) is -2.82. The Bertz CT molecular complexity index is 559. The van der Waals surface area contributed by atoms with Crippen LogP contribution in [0.5, 0.6) is 0 Å². The predicted octanol–water partition coefficient (Wildman–Crippen LogP) is 2.16. The minimum absolute atomic E-state index is 0.0987. The number of hydrogen-bond donors (Lipinski definition) is 2. The number of alkyl halides is 2. The highest BCUT2D eigenvalue weighted by atomic mass is 19.3. The van der Waals surface area contributed by atoms with E-state index in [0.29, 0.717) is 18.5 Å². The number of piperazine rings is 1. The van der Waals surface area contributed by atoms with E-state index in [4.69, 9.17) is 0 Å². The van der Waals surface area contributed by atoms with Gasteiger partial charge in [0, 0.05) is 48.8 Å². The van der Waals surface area contributed by atoms with Gasteiger partial charge in [0.25, 0.3) is 5.92 Å². The molecular weight excluding hydrogens is 248 g/mol. The summed E-state index contributed by atoms with van der Waals surface area (Å²) in [4.78, 5) is 4.74. The lowest BCUT2D eigenvalue weighted by atomic mass is 10.1. The molecule has 1 fully saturated rings. The molecule has 0 spiro atoms. The summed E-state index contributed by atoms with van der Waals surface area (Å²) in [7, 11) is 0. The van der Waals surface area contributed by atoms with Crippen molar-refractivity contribution < 1.29 is 8.78 Å². The molecular formula is C14H17F2N3. The molecule has 19 heavy (non-hydrogen) atoms. The van der Waals surface area contributed by atoms with Gasteiger partial charge in [-0.15, -0.1) is 0 Å². The van der Waals surface area contributed by atoms with E-state index >= 15 is 0 Å². The van der Waals surface area contributed by atoms with Crippen molar-refractivity contribution in [3.63, 3.8) is 0 Å². The Morgan fingerprint density at radius 3 is 2.68 bits per heavy atom. The molecule has 1 saturated heterocycles. The highest BCUT2D eigenvalue weighted by molar-refractivity contribution is 5.83. The number of halogens is 2. The molecule has 0 saturated carbocycles. The van der Waals surface area contributed by atoms with Gasteiger partial charge >= 0.3 is 0 Å². The summed E-state index contributed by atoms with van der Waals surface area (Å²) in [5.41, 5.74) is 0.860. The number of aromatic amines is 1. The Morgan fingerprint density at radius 2 is 1.89 bits per heavy atom. The first-order chi connectivity index (χ1) is 9.17. The second-order valence-electron chi connectivity index (χ2n) is 4.98. The number of rotatable bonds is 3. The molecule has 0 radical (unpaired) electrons. The number of para-hydroxylation sites is 1. The molecule has 1 aromatic carbocycles. The van der Waals surface area contributed by atoms with E-state index in [2.05, 4.69) is 10.3 Å². The SMILES string of the molecule is FC(F)(CN1CCNCC1)c1c[nH]c2ccccc12. The van der Waals surface area contributed by atoms with E-state index < -0.39 is 5.92 Å². The van der Waals surface area contributed by atoms with Crippen molar-refractivity contribution in [1.82, 2.24) is 15.2 Å². The molecule has 1 aliphatic rings. The first-order valence-electron chi connectivity index (χ1n) is 6.54. The average molecular weight is 265 g/mol. The highest BCUT2D eigenvalue weighted by Crippen LogP contribution is 2.34. The fourth-order valence-corrected chi connectivity index (χ4v) is 2.61. The zero-order valence-corrected chi connectivity index (χ0v) is 10.6. The van der Waals surface area contributed by atoms with Gasteiger partial charge in [0.2, 0.25) is 0 Å². The summed E-state index contributed by atoms with van der Waals surface area (Å²) < 4.78 is 28.8. The average Bonchev–Trinajstić information content (AvgIpc) is 2.84. The Labute approximate surface area is 110 Å². The fourth-order valence-electron chi connectivity index (χ4n) is 2.61. The van der Waals surface area contributed by atoms with Crippen molar-refractivity contribution >= 4 is 10.9 Å². The third kappa shape index (κ3) is 2.48. The lowest BCUT2D eigenvalue weighted by molar-refractivity contribution is -0.0387. The van der Waals surface area contributed by atoms with Crippen LogP contribution in [-0.2, 0) is 5.92 Å². The van der Waals surface area contributed by atoms with Crippen molar-refractivity contribution in [1.29, 1.82) is 0 Å². The number of nitrogens with zero attached hydrogens (tertiary/aromatic N) is 1. The first kappa shape index (κ1) is 12.6. The largest absolute Gasteiger partial charge is 0.361 e. The maximum atomic E-state index is 14.4. The van der Waals surface area contributed by atoms with Gasteiger partial charge in [-0.1, -0.05) is 18.2 Å². The zero-order chi connectivity index (χ0) is 13.3. The normalized spacial score (nSPS) is 18.0. The first-order valence-corrected chi connectivity index (χ1v) is 6.54. The number of benzene rings is 1. The van der Waals surface area contributed by atoms with Gasteiger partial charge < -0.3 is 10.3 Å². The molecule has 0 bridgehead atoms. The molecule has 0 aliphatic carbocycles. The summed E-state index contributed by atoms with van der Waals surface area (Å²) in [6, 6.07) is 7.20.